The van der Waals surface area contributed by atoms with Gasteiger partial charge in [-0.2, -0.15) is 5.10 Å². The van der Waals surface area contributed by atoms with Gasteiger partial charge >= 0.3 is 0 Å². The summed E-state index contributed by atoms with van der Waals surface area (Å²) in [5.41, 5.74) is 0.775. The van der Waals surface area contributed by atoms with Crippen molar-refractivity contribution in [2.75, 3.05) is 0 Å². The molecule has 2 aromatic heterocycles. The smallest absolute Gasteiger partial charge is 0.154 e. The van der Waals surface area contributed by atoms with Crippen LogP contribution in [0.5, 0.6) is 0 Å². The van der Waals surface area contributed by atoms with E-state index in [4.69, 9.17) is 0 Å². The fourth-order valence-electron chi connectivity index (χ4n) is 0.665. The van der Waals surface area contributed by atoms with Crippen molar-refractivity contribution in [3.63, 3.8) is 0 Å². The monoisotopic (exact) mass is 117 g/mol. The van der Waals surface area contributed by atoms with Crippen molar-refractivity contribution >= 4 is 5.65 Å². The zero-order chi connectivity index (χ0) is 6.10. The molecule has 0 N–H and O–H groups in total. The van der Waals surface area contributed by atoms with Crippen molar-refractivity contribution in [2.24, 2.45) is 0 Å². The fraction of sp³-hybridized carbons (Fsp3) is 0. The molecule has 2 heterocycles. The summed E-state index contributed by atoms with van der Waals surface area (Å²) in [4.78, 5) is 3.86. The van der Waals surface area contributed by atoms with E-state index in [2.05, 4.69) is 22.3 Å². The summed E-state index contributed by atoms with van der Waals surface area (Å²) in [7, 11) is 0. The molecule has 2 aromatic rings. The van der Waals surface area contributed by atoms with Gasteiger partial charge in [0.1, 0.15) is 6.20 Å². The Morgan fingerprint density at radius 3 is 3.44 bits per heavy atom. The lowest BCUT2D eigenvalue weighted by Crippen LogP contribution is -1.85. The topological polar surface area (TPSA) is 30.2 Å². The van der Waals surface area contributed by atoms with E-state index >= 15 is 0 Å². The van der Waals surface area contributed by atoms with E-state index in [0.717, 1.165) is 5.65 Å². The summed E-state index contributed by atoms with van der Waals surface area (Å²) in [5, 5.41) is 3.91. The zero-order valence-corrected chi connectivity index (χ0v) is 4.57. The number of nitrogens with zero attached hydrogens (tertiary/aromatic N) is 3. The molecule has 2 radical (unpaired) electrons. The van der Waals surface area contributed by atoms with Gasteiger partial charge in [0, 0.05) is 6.07 Å². The van der Waals surface area contributed by atoms with Gasteiger partial charge in [0.2, 0.25) is 0 Å². The molecule has 42 valence electrons. The molecule has 2 rings (SSSR count). The molecule has 9 heavy (non-hydrogen) atoms. The van der Waals surface area contributed by atoms with Crippen molar-refractivity contribution in [3.05, 3.63) is 30.7 Å². The normalized spacial score (nSPS) is 10.2. The average Bonchev–Trinajstić information content (AvgIpc) is 2.33. The maximum Gasteiger partial charge on any atom is 0.154 e. The van der Waals surface area contributed by atoms with Crippen LogP contribution in [0.3, 0.4) is 0 Å². The Bertz CT molecular complexity index is 282. The summed E-state index contributed by atoms with van der Waals surface area (Å²) < 4.78 is 1.64. The van der Waals surface area contributed by atoms with E-state index in [1.165, 1.54) is 0 Å². The van der Waals surface area contributed by atoms with Crippen LogP contribution in [0, 0.1) is 12.3 Å². The van der Waals surface area contributed by atoms with Crippen molar-refractivity contribution in [3.8, 4) is 0 Å². The molecule has 3 heteroatoms. The lowest BCUT2D eigenvalue weighted by molar-refractivity contribution is 0.934. The molecular formula is C6H3N3. The van der Waals surface area contributed by atoms with E-state index in [-0.39, 0.29) is 0 Å². The molecule has 0 fully saturated rings. The highest BCUT2D eigenvalue weighted by Crippen LogP contribution is 1.92. The first-order chi connectivity index (χ1) is 4.47. The number of aromatic nitrogens is 3. The van der Waals surface area contributed by atoms with Crippen LogP contribution >= 0.6 is 0 Å². The minimum Gasteiger partial charge on any atom is -0.225 e. The summed E-state index contributed by atoms with van der Waals surface area (Å²) in [6.07, 6.45) is 5.92. The molecule has 0 aliphatic rings. The molecule has 0 aliphatic carbocycles. The second kappa shape index (κ2) is 1.55. The molecule has 0 aliphatic heterocycles. The molecule has 0 saturated carbocycles. The van der Waals surface area contributed by atoms with Gasteiger partial charge in [-0.25, -0.2) is 9.50 Å². The average molecular weight is 117 g/mol. The van der Waals surface area contributed by atoms with Crippen molar-refractivity contribution in [1.82, 2.24) is 14.6 Å². The lowest BCUT2D eigenvalue weighted by atomic mass is 10.6. The van der Waals surface area contributed by atoms with Gasteiger partial charge in [0.15, 0.2) is 5.65 Å². The molecule has 0 aromatic carbocycles. The largest absolute Gasteiger partial charge is 0.225 e. The van der Waals surface area contributed by atoms with E-state index in [1.807, 2.05) is 0 Å². The fourth-order valence-corrected chi connectivity index (χ4v) is 0.665. The van der Waals surface area contributed by atoms with Crippen molar-refractivity contribution in [1.29, 1.82) is 0 Å². The van der Waals surface area contributed by atoms with Crippen LogP contribution < -0.4 is 0 Å². The molecule has 0 spiro atoms. The van der Waals surface area contributed by atoms with Gasteiger partial charge < -0.3 is 0 Å². The summed E-state index contributed by atoms with van der Waals surface area (Å²) in [6, 6.07) is 4.56. The van der Waals surface area contributed by atoms with Gasteiger partial charge in [0.25, 0.3) is 0 Å². The third-order valence-corrected chi connectivity index (χ3v) is 1.06. The Morgan fingerprint density at radius 2 is 2.56 bits per heavy atom. The summed E-state index contributed by atoms with van der Waals surface area (Å²) >= 11 is 0. The van der Waals surface area contributed by atoms with E-state index < -0.39 is 0 Å². The second-order valence-corrected chi connectivity index (χ2v) is 1.63. The summed E-state index contributed by atoms with van der Waals surface area (Å²) in [5.74, 6) is 0. The minimum absolute atomic E-state index is 0.775. The van der Waals surface area contributed by atoms with Gasteiger partial charge in [-0.15, -0.1) is 0 Å². The molecule has 3 nitrogen and oxygen atoms in total. The molecule has 0 atom stereocenters. The highest BCUT2D eigenvalue weighted by atomic mass is 15.2. The predicted molar refractivity (Wildman–Crippen MR) is 30.7 cm³/mol. The highest BCUT2D eigenvalue weighted by Gasteiger charge is 1.88. The van der Waals surface area contributed by atoms with E-state index in [1.54, 1.807) is 23.0 Å². The number of hydrogen-bond donors (Lipinski definition) is 0. The van der Waals surface area contributed by atoms with Crippen LogP contribution in [-0.2, 0) is 0 Å². The Kier molecular flexibility index (Phi) is 0.773. The maximum absolute atomic E-state index is 3.91. The molecule has 0 saturated heterocycles. The van der Waals surface area contributed by atoms with Gasteiger partial charge in [-0.05, 0) is 6.07 Å². The Hall–Kier alpha value is -1.38. The van der Waals surface area contributed by atoms with Crippen molar-refractivity contribution in [2.45, 2.75) is 0 Å². The minimum atomic E-state index is 0.775. The van der Waals surface area contributed by atoms with Crippen LogP contribution in [0.2, 0.25) is 0 Å². The number of imidazole rings is 1. The van der Waals surface area contributed by atoms with Crippen LogP contribution in [0.25, 0.3) is 5.65 Å². The van der Waals surface area contributed by atoms with Crippen molar-refractivity contribution < 1.29 is 0 Å². The first-order valence-electron chi connectivity index (χ1n) is 2.54. The molecule has 0 amide bonds. The van der Waals surface area contributed by atoms with E-state index in [9.17, 15) is 0 Å². The predicted octanol–water partition coefficient (Wildman–Crippen LogP) is 0.330. The van der Waals surface area contributed by atoms with Crippen LogP contribution in [0.1, 0.15) is 0 Å². The molecular weight excluding hydrogens is 114 g/mol. The molecule has 0 bridgehead atoms. The van der Waals surface area contributed by atoms with Crippen LogP contribution in [0.15, 0.2) is 18.5 Å². The van der Waals surface area contributed by atoms with Gasteiger partial charge in [0.05, 0.1) is 12.4 Å². The Morgan fingerprint density at radius 1 is 1.56 bits per heavy atom. The van der Waals surface area contributed by atoms with Gasteiger partial charge in [-0.1, -0.05) is 0 Å². The first kappa shape index (κ1) is 4.49. The quantitative estimate of drug-likeness (QED) is 0.497. The second-order valence-electron chi connectivity index (χ2n) is 1.63. The number of fused-ring (bicyclic) bond motifs is 1. The summed E-state index contributed by atoms with van der Waals surface area (Å²) in [6.45, 7) is 0. The standard InChI is InChI=1S/C6H3N3/c1-2-6-7-4-5-9(6)8-3-1/h2-3,5H. The number of hydrogen-bond acceptors (Lipinski definition) is 2. The number of rotatable bonds is 0. The highest BCUT2D eigenvalue weighted by molar-refractivity contribution is 5.33. The first-order valence-corrected chi connectivity index (χ1v) is 2.54. The maximum atomic E-state index is 3.91. The SMILES string of the molecule is [c]1cnn2c[c]nc2c1. The Balaban J connectivity index is 2.95. The zero-order valence-electron chi connectivity index (χ0n) is 4.57. The van der Waals surface area contributed by atoms with Gasteiger partial charge in [-0.3, -0.25) is 0 Å². The Labute approximate surface area is 52.0 Å². The van der Waals surface area contributed by atoms with Crippen LogP contribution in [-0.4, -0.2) is 14.6 Å². The third kappa shape index (κ3) is 0.579. The van der Waals surface area contributed by atoms with Crippen LogP contribution in [0.4, 0.5) is 0 Å². The lowest BCUT2D eigenvalue weighted by Gasteiger charge is -1.84. The molecule has 0 unspecified atom stereocenters. The third-order valence-electron chi connectivity index (χ3n) is 1.06. The van der Waals surface area contributed by atoms with E-state index in [0.29, 0.717) is 0 Å².